The van der Waals surface area contributed by atoms with Gasteiger partial charge < -0.3 is 10.8 Å². The average Bonchev–Trinajstić information content (AvgIpc) is 2.49. The second kappa shape index (κ2) is 7.25. The molecule has 0 unspecified atom stereocenters. The molecule has 2 aromatic carbocycles. The van der Waals surface area contributed by atoms with Gasteiger partial charge in [-0.1, -0.05) is 36.4 Å². The zero-order valence-corrected chi connectivity index (χ0v) is 12.8. The molecule has 0 aliphatic heterocycles. The van der Waals surface area contributed by atoms with Gasteiger partial charge in [-0.15, -0.1) is 0 Å². The Morgan fingerprint density at radius 1 is 0.857 bits per heavy atom. The third kappa shape index (κ3) is 4.59. The van der Waals surface area contributed by atoms with E-state index in [1.54, 1.807) is 0 Å². The number of nitrogen functional groups attached to an aromatic ring is 1. The number of hydrogen-bond acceptors (Lipinski definition) is 3. The molecule has 0 bridgehead atoms. The fourth-order valence-electron chi connectivity index (χ4n) is 2.26. The Morgan fingerprint density at radius 3 is 1.71 bits per heavy atom. The van der Waals surface area contributed by atoms with E-state index in [0.29, 0.717) is 6.04 Å². The average molecular weight is 284 g/mol. The van der Waals surface area contributed by atoms with Crippen LogP contribution in [0, 0.1) is 0 Å². The standard InChI is InChI=1S/C18H24N2O/c1-14(2)20(12-16-7-9-18(19)10-8-16)11-15-3-5-17(13-21)6-4-15/h3-10,14,21H,11-13,19H2,1-2H3. The Morgan fingerprint density at radius 2 is 1.29 bits per heavy atom. The quantitative estimate of drug-likeness (QED) is 0.801. The molecule has 0 saturated carbocycles. The van der Waals surface area contributed by atoms with Crippen molar-refractivity contribution in [2.24, 2.45) is 0 Å². The lowest BCUT2D eigenvalue weighted by molar-refractivity contribution is 0.203. The second-order valence-corrected chi connectivity index (χ2v) is 5.71. The second-order valence-electron chi connectivity index (χ2n) is 5.71. The van der Waals surface area contributed by atoms with Crippen molar-refractivity contribution < 1.29 is 5.11 Å². The van der Waals surface area contributed by atoms with Crippen LogP contribution in [0.2, 0.25) is 0 Å². The fourth-order valence-corrected chi connectivity index (χ4v) is 2.26. The van der Waals surface area contributed by atoms with E-state index in [0.717, 1.165) is 24.3 Å². The van der Waals surface area contributed by atoms with E-state index in [1.165, 1.54) is 11.1 Å². The van der Waals surface area contributed by atoms with E-state index in [2.05, 4.69) is 43.0 Å². The zero-order chi connectivity index (χ0) is 15.2. The largest absolute Gasteiger partial charge is 0.399 e. The van der Waals surface area contributed by atoms with Crippen LogP contribution in [0.5, 0.6) is 0 Å². The van der Waals surface area contributed by atoms with Gasteiger partial charge >= 0.3 is 0 Å². The summed E-state index contributed by atoms with van der Waals surface area (Å²) in [6.45, 7) is 6.31. The number of aliphatic hydroxyl groups excluding tert-OH is 1. The number of nitrogens with two attached hydrogens (primary N) is 1. The lowest BCUT2D eigenvalue weighted by Crippen LogP contribution is -2.29. The molecule has 0 aliphatic carbocycles. The molecule has 0 radical (unpaired) electrons. The predicted octanol–water partition coefficient (Wildman–Crippen LogP) is 3.17. The van der Waals surface area contributed by atoms with Crippen LogP contribution in [0.3, 0.4) is 0 Å². The molecule has 2 aromatic rings. The van der Waals surface area contributed by atoms with Crippen LogP contribution in [-0.2, 0) is 19.7 Å². The summed E-state index contributed by atoms with van der Waals surface area (Å²) >= 11 is 0. The first-order chi connectivity index (χ1) is 10.1. The zero-order valence-electron chi connectivity index (χ0n) is 12.8. The van der Waals surface area contributed by atoms with Gasteiger partial charge in [0.15, 0.2) is 0 Å². The van der Waals surface area contributed by atoms with Crippen molar-refractivity contribution in [3.63, 3.8) is 0 Å². The lowest BCUT2D eigenvalue weighted by atomic mass is 10.1. The third-order valence-electron chi connectivity index (χ3n) is 3.69. The molecule has 0 heterocycles. The van der Waals surface area contributed by atoms with Crippen LogP contribution in [0.15, 0.2) is 48.5 Å². The first-order valence-corrected chi connectivity index (χ1v) is 7.35. The van der Waals surface area contributed by atoms with E-state index < -0.39 is 0 Å². The van der Waals surface area contributed by atoms with Gasteiger partial charge in [0.2, 0.25) is 0 Å². The first kappa shape index (κ1) is 15.5. The van der Waals surface area contributed by atoms with Gasteiger partial charge in [0.05, 0.1) is 6.61 Å². The van der Waals surface area contributed by atoms with Crippen molar-refractivity contribution in [2.75, 3.05) is 5.73 Å². The maximum atomic E-state index is 9.10. The van der Waals surface area contributed by atoms with E-state index >= 15 is 0 Å². The molecule has 0 atom stereocenters. The van der Waals surface area contributed by atoms with E-state index in [4.69, 9.17) is 10.8 Å². The summed E-state index contributed by atoms with van der Waals surface area (Å²) in [4.78, 5) is 2.42. The van der Waals surface area contributed by atoms with E-state index in [1.807, 2.05) is 24.3 Å². The van der Waals surface area contributed by atoms with Gasteiger partial charge in [-0.3, -0.25) is 4.90 Å². The van der Waals surface area contributed by atoms with Gasteiger partial charge in [0, 0.05) is 24.8 Å². The maximum absolute atomic E-state index is 9.10. The minimum absolute atomic E-state index is 0.0968. The van der Waals surface area contributed by atoms with Crippen LogP contribution < -0.4 is 5.73 Å². The van der Waals surface area contributed by atoms with Crippen LogP contribution in [0.1, 0.15) is 30.5 Å². The van der Waals surface area contributed by atoms with Crippen LogP contribution in [-0.4, -0.2) is 16.0 Å². The number of anilines is 1. The molecule has 3 N–H and O–H groups in total. The molecule has 0 amide bonds. The Labute approximate surface area is 127 Å². The van der Waals surface area contributed by atoms with Crippen LogP contribution >= 0.6 is 0 Å². The molecular formula is C18H24N2O. The fraction of sp³-hybridized carbons (Fsp3) is 0.333. The highest BCUT2D eigenvalue weighted by atomic mass is 16.3. The SMILES string of the molecule is CC(C)N(Cc1ccc(N)cc1)Cc1ccc(CO)cc1. The molecule has 0 aromatic heterocycles. The number of hydrogen-bond donors (Lipinski definition) is 2. The van der Waals surface area contributed by atoms with Gasteiger partial charge in [-0.25, -0.2) is 0 Å². The normalized spacial score (nSPS) is 11.3. The van der Waals surface area contributed by atoms with Gasteiger partial charge in [-0.2, -0.15) is 0 Å². The van der Waals surface area contributed by atoms with Crippen molar-refractivity contribution >= 4 is 5.69 Å². The Balaban J connectivity index is 2.06. The lowest BCUT2D eigenvalue weighted by Gasteiger charge is -2.26. The third-order valence-corrected chi connectivity index (χ3v) is 3.69. The van der Waals surface area contributed by atoms with E-state index in [-0.39, 0.29) is 6.61 Å². The van der Waals surface area contributed by atoms with Crippen molar-refractivity contribution in [3.8, 4) is 0 Å². The van der Waals surface area contributed by atoms with E-state index in [9.17, 15) is 0 Å². The van der Waals surface area contributed by atoms with Gasteiger partial charge in [0.25, 0.3) is 0 Å². The molecule has 0 aliphatic rings. The molecule has 2 rings (SSSR count). The maximum Gasteiger partial charge on any atom is 0.0681 e. The molecule has 0 spiro atoms. The summed E-state index contributed by atoms with van der Waals surface area (Å²) in [7, 11) is 0. The Bertz CT molecular complexity index is 546. The molecule has 0 saturated heterocycles. The monoisotopic (exact) mass is 284 g/mol. The smallest absolute Gasteiger partial charge is 0.0681 e. The Kier molecular flexibility index (Phi) is 5.37. The Hall–Kier alpha value is -1.84. The summed E-state index contributed by atoms with van der Waals surface area (Å²) in [5.41, 5.74) is 10.0. The summed E-state index contributed by atoms with van der Waals surface area (Å²) in [5.74, 6) is 0. The highest BCUT2D eigenvalue weighted by molar-refractivity contribution is 5.39. The summed E-state index contributed by atoms with van der Waals surface area (Å²) in [5, 5.41) is 9.10. The minimum Gasteiger partial charge on any atom is -0.399 e. The number of benzene rings is 2. The molecule has 0 fully saturated rings. The highest BCUT2D eigenvalue weighted by Gasteiger charge is 2.11. The van der Waals surface area contributed by atoms with Crippen molar-refractivity contribution in [3.05, 3.63) is 65.2 Å². The van der Waals surface area contributed by atoms with Crippen molar-refractivity contribution in [2.45, 2.75) is 39.6 Å². The van der Waals surface area contributed by atoms with Crippen molar-refractivity contribution in [1.29, 1.82) is 0 Å². The van der Waals surface area contributed by atoms with Gasteiger partial charge in [0.1, 0.15) is 0 Å². The molecular weight excluding hydrogens is 260 g/mol. The molecule has 3 nitrogen and oxygen atoms in total. The van der Waals surface area contributed by atoms with Crippen LogP contribution in [0.25, 0.3) is 0 Å². The van der Waals surface area contributed by atoms with Crippen molar-refractivity contribution in [1.82, 2.24) is 4.90 Å². The molecule has 112 valence electrons. The van der Waals surface area contributed by atoms with Gasteiger partial charge in [-0.05, 0) is 42.7 Å². The van der Waals surface area contributed by atoms with Crippen LogP contribution in [0.4, 0.5) is 5.69 Å². The predicted molar refractivity (Wildman–Crippen MR) is 87.6 cm³/mol. The number of nitrogens with zero attached hydrogens (tertiary/aromatic N) is 1. The first-order valence-electron chi connectivity index (χ1n) is 7.35. The summed E-state index contributed by atoms with van der Waals surface area (Å²) < 4.78 is 0. The molecule has 21 heavy (non-hydrogen) atoms. The highest BCUT2D eigenvalue weighted by Crippen LogP contribution is 2.15. The number of aliphatic hydroxyl groups is 1. The summed E-state index contributed by atoms with van der Waals surface area (Å²) in [6, 6.07) is 16.7. The topological polar surface area (TPSA) is 49.5 Å². The summed E-state index contributed by atoms with van der Waals surface area (Å²) in [6.07, 6.45) is 0. The number of rotatable bonds is 6. The minimum atomic E-state index is 0.0968. The molecule has 3 heteroatoms.